The average molecular weight is 145 g/mol. The average Bonchev–Trinajstić information content (AvgIpc) is 2.50. The molecule has 11 heavy (non-hydrogen) atoms. The van der Waals surface area contributed by atoms with Gasteiger partial charge in [0.05, 0.1) is 11.8 Å². The van der Waals surface area contributed by atoms with E-state index >= 15 is 0 Å². The van der Waals surface area contributed by atoms with Gasteiger partial charge in [0.2, 0.25) is 0 Å². The highest BCUT2D eigenvalue weighted by molar-refractivity contribution is 5.41. The molecule has 2 aromatic rings. The van der Waals surface area contributed by atoms with E-state index in [-0.39, 0.29) is 0 Å². The molecule has 2 heterocycles. The monoisotopic (exact) mass is 145 g/mol. The van der Waals surface area contributed by atoms with Gasteiger partial charge in [-0.15, -0.1) is 10.2 Å². The fourth-order valence-corrected chi connectivity index (χ4v) is 0.785. The van der Waals surface area contributed by atoms with Crippen LogP contribution in [-0.4, -0.2) is 19.8 Å². The van der Waals surface area contributed by atoms with E-state index in [4.69, 9.17) is 5.26 Å². The molecule has 5 nitrogen and oxygen atoms in total. The number of hydrogen-bond acceptors (Lipinski definition) is 4. The van der Waals surface area contributed by atoms with Gasteiger partial charge < -0.3 is 0 Å². The maximum atomic E-state index is 8.49. The molecule has 2 rings (SSSR count). The molecule has 0 atom stereocenters. The third kappa shape index (κ3) is 0.809. The molecule has 52 valence electrons. The minimum atomic E-state index is 0.491. The Hall–Kier alpha value is -1.96. The Labute approximate surface area is 61.9 Å². The number of rotatable bonds is 0. The molecular weight excluding hydrogens is 142 g/mol. The molecule has 0 amide bonds. The van der Waals surface area contributed by atoms with Crippen molar-refractivity contribution in [1.29, 1.82) is 5.26 Å². The highest BCUT2D eigenvalue weighted by Gasteiger charge is 1.96. The first-order chi connectivity index (χ1) is 5.40. The van der Waals surface area contributed by atoms with Gasteiger partial charge in [-0.3, -0.25) is 0 Å². The molecule has 0 aliphatic heterocycles. The fraction of sp³-hybridized carbons (Fsp3) is 0. The van der Waals surface area contributed by atoms with E-state index in [9.17, 15) is 0 Å². The zero-order chi connectivity index (χ0) is 7.68. The summed E-state index contributed by atoms with van der Waals surface area (Å²) in [4.78, 5) is 0. The highest BCUT2D eigenvalue weighted by atomic mass is 15.3. The lowest BCUT2D eigenvalue weighted by Gasteiger charge is -1.88. The van der Waals surface area contributed by atoms with E-state index in [0.29, 0.717) is 11.2 Å². The van der Waals surface area contributed by atoms with Crippen LogP contribution in [0.3, 0.4) is 0 Å². The molecule has 0 unspecified atom stereocenters. The van der Waals surface area contributed by atoms with Crippen molar-refractivity contribution in [2.75, 3.05) is 0 Å². The minimum absolute atomic E-state index is 0.491. The van der Waals surface area contributed by atoms with E-state index in [1.54, 1.807) is 6.07 Å². The lowest BCUT2D eigenvalue weighted by Crippen LogP contribution is -1.89. The van der Waals surface area contributed by atoms with Crippen LogP contribution < -0.4 is 0 Å². The molecule has 0 saturated carbocycles. The lowest BCUT2D eigenvalue weighted by atomic mass is 10.3. The van der Waals surface area contributed by atoms with E-state index < -0.39 is 0 Å². The van der Waals surface area contributed by atoms with Crippen LogP contribution in [0.1, 0.15) is 5.56 Å². The Morgan fingerprint density at radius 3 is 3.27 bits per heavy atom. The predicted octanol–water partition coefficient (Wildman–Crippen LogP) is -0.00402. The van der Waals surface area contributed by atoms with Crippen LogP contribution in [0, 0.1) is 11.3 Å². The first-order valence-electron chi connectivity index (χ1n) is 2.96. The van der Waals surface area contributed by atoms with Crippen molar-refractivity contribution in [3.8, 4) is 6.07 Å². The van der Waals surface area contributed by atoms with Crippen LogP contribution in [0.4, 0.5) is 0 Å². The summed E-state index contributed by atoms with van der Waals surface area (Å²) in [5, 5.41) is 19.7. The van der Waals surface area contributed by atoms with Gasteiger partial charge in [0, 0.05) is 6.07 Å². The predicted molar refractivity (Wildman–Crippen MR) is 35.5 cm³/mol. The third-order valence-corrected chi connectivity index (χ3v) is 1.29. The molecular formula is C6H3N5. The van der Waals surface area contributed by atoms with Crippen molar-refractivity contribution in [2.24, 2.45) is 0 Å². The number of aromatic nitrogens is 4. The van der Waals surface area contributed by atoms with Crippen LogP contribution in [0.15, 0.2) is 18.6 Å². The number of nitriles is 1. The van der Waals surface area contributed by atoms with Crippen molar-refractivity contribution in [3.63, 3.8) is 0 Å². The van der Waals surface area contributed by atoms with Crippen LogP contribution in [0.5, 0.6) is 0 Å². The lowest BCUT2D eigenvalue weighted by molar-refractivity contribution is 0.923. The molecule has 0 aromatic carbocycles. The van der Waals surface area contributed by atoms with E-state index in [1.807, 2.05) is 6.07 Å². The Kier molecular flexibility index (Phi) is 1.07. The SMILES string of the molecule is N#Cc1cnn2cnnc2c1. The van der Waals surface area contributed by atoms with Crippen molar-refractivity contribution in [1.82, 2.24) is 19.8 Å². The summed E-state index contributed by atoms with van der Waals surface area (Å²) in [6.07, 6.45) is 2.95. The molecule has 0 bridgehead atoms. The molecule has 0 aliphatic rings. The zero-order valence-corrected chi connectivity index (χ0v) is 5.47. The van der Waals surface area contributed by atoms with Crippen LogP contribution in [0.2, 0.25) is 0 Å². The molecule has 2 aromatic heterocycles. The van der Waals surface area contributed by atoms with E-state index in [2.05, 4.69) is 15.3 Å². The first-order valence-corrected chi connectivity index (χ1v) is 2.96. The van der Waals surface area contributed by atoms with Crippen molar-refractivity contribution in [2.45, 2.75) is 0 Å². The molecule has 5 heteroatoms. The first kappa shape index (κ1) is 5.80. The van der Waals surface area contributed by atoms with Crippen LogP contribution in [0.25, 0.3) is 5.65 Å². The van der Waals surface area contributed by atoms with Gasteiger partial charge in [-0.1, -0.05) is 0 Å². The van der Waals surface area contributed by atoms with Gasteiger partial charge in [-0.25, -0.2) is 4.52 Å². The molecule has 0 fully saturated rings. The number of fused-ring (bicyclic) bond motifs is 1. The molecule has 0 aliphatic carbocycles. The highest BCUT2D eigenvalue weighted by Crippen LogP contribution is 1.98. The summed E-state index contributed by atoms with van der Waals surface area (Å²) in [7, 11) is 0. The standard InChI is InChI=1S/C6H3N5/c7-2-5-1-6-10-8-4-11(6)9-3-5/h1,3-4H. The largest absolute Gasteiger partial charge is 0.200 e. The van der Waals surface area contributed by atoms with Crippen molar-refractivity contribution in [3.05, 3.63) is 24.2 Å². The minimum Gasteiger partial charge on any atom is -0.200 e. The number of nitrogens with zero attached hydrogens (tertiary/aromatic N) is 5. The quantitative estimate of drug-likeness (QED) is 0.523. The summed E-state index contributed by atoms with van der Waals surface area (Å²) in [5.74, 6) is 0. The van der Waals surface area contributed by atoms with E-state index in [1.165, 1.54) is 17.0 Å². The van der Waals surface area contributed by atoms with Gasteiger partial charge in [0.1, 0.15) is 12.4 Å². The van der Waals surface area contributed by atoms with Gasteiger partial charge in [-0.05, 0) is 0 Å². The number of hydrogen-bond donors (Lipinski definition) is 0. The Morgan fingerprint density at radius 2 is 2.45 bits per heavy atom. The van der Waals surface area contributed by atoms with E-state index in [0.717, 1.165) is 0 Å². The Morgan fingerprint density at radius 1 is 1.55 bits per heavy atom. The topological polar surface area (TPSA) is 66.9 Å². The summed E-state index contributed by atoms with van der Waals surface area (Å²) in [6, 6.07) is 3.59. The van der Waals surface area contributed by atoms with Crippen LogP contribution in [-0.2, 0) is 0 Å². The third-order valence-electron chi connectivity index (χ3n) is 1.29. The second-order valence-corrected chi connectivity index (χ2v) is 1.99. The summed E-state index contributed by atoms with van der Waals surface area (Å²) < 4.78 is 1.50. The van der Waals surface area contributed by atoms with Gasteiger partial charge in [-0.2, -0.15) is 10.4 Å². The van der Waals surface area contributed by atoms with Gasteiger partial charge >= 0.3 is 0 Å². The summed E-state index contributed by atoms with van der Waals surface area (Å²) in [5.41, 5.74) is 1.08. The molecule has 0 spiro atoms. The molecule has 0 radical (unpaired) electrons. The fourth-order valence-electron chi connectivity index (χ4n) is 0.785. The van der Waals surface area contributed by atoms with Crippen LogP contribution >= 0.6 is 0 Å². The molecule has 0 N–H and O–H groups in total. The van der Waals surface area contributed by atoms with Crippen molar-refractivity contribution < 1.29 is 0 Å². The normalized spacial score (nSPS) is 9.73. The molecule has 0 saturated heterocycles. The maximum Gasteiger partial charge on any atom is 0.178 e. The van der Waals surface area contributed by atoms with Gasteiger partial charge in [0.15, 0.2) is 5.65 Å². The summed E-state index contributed by atoms with van der Waals surface area (Å²) >= 11 is 0. The maximum absolute atomic E-state index is 8.49. The van der Waals surface area contributed by atoms with Gasteiger partial charge in [0.25, 0.3) is 0 Å². The Bertz CT molecular complexity index is 424. The van der Waals surface area contributed by atoms with Crippen molar-refractivity contribution >= 4 is 5.65 Å². The second kappa shape index (κ2) is 2.02. The second-order valence-electron chi connectivity index (χ2n) is 1.99. The summed E-state index contributed by atoms with van der Waals surface area (Å²) in [6.45, 7) is 0. The zero-order valence-electron chi connectivity index (χ0n) is 5.47. The smallest absolute Gasteiger partial charge is 0.178 e. The Balaban J connectivity index is 2.79.